The fourth-order valence-corrected chi connectivity index (χ4v) is 7.04. The number of hydrogen-bond acceptors (Lipinski definition) is 11. The average molecular weight is 615 g/mol. The van der Waals surface area contributed by atoms with Crippen molar-refractivity contribution in [1.82, 2.24) is 9.80 Å². The molecule has 44 heavy (non-hydrogen) atoms. The van der Waals surface area contributed by atoms with Crippen molar-refractivity contribution in [3.8, 4) is 5.75 Å². The standard InChI is InChI=1S/C31H42N4O9/c1-9-15(35(8)30(3,4)5)29(43)33-14-11-10-13-12(2)16-18(23(37)17(13)22(14)36)26(40)31(44)20(24(16)38)21(34(6)7)25(39)19(27(31)41)28(32)42/h10-12,15-16,20-21,24,36,38-40,44H,9H2,1-8H3,(H2,32,42)(H,33,43)/t12?,15?,16?,20?,21-,24?,31-/m0/s1. The van der Waals surface area contributed by atoms with E-state index in [1.807, 2.05) is 32.6 Å². The second-order valence-corrected chi connectivity index (χ2v) is 13.2. The highest BCUT2D eigenvalue weighted by molar-refractivity contribution is 6.25. The van der Waals surface area contributed by atoms with Crippen molar-refractivity contribution in [1.29, 1.82) is 0 Å². The van der Waals surface area contributed by atoms with Gasteiger partial charge in [-0.05, 0) is 65.9 Å². The minimum absolute atomic E-state index is 0.0631. The van der Waals surface area contributed by atoms with Gasteiger partial charge < -0.3 is 36.6 Å². The molecule has 3 aliphatic carbocycles. The third-order valence-electron chi connectivity index (χ3n) is 9.60. The van der Waals surface area contributed by atoms with Gasteiger partial charge in [0.15, 0.2) is 17.1 Å². The summed E-state index contributed by atoms with van der Waals surface area (Å²) in [6, 6.07) is 1.06. The third-order valence-corrected chi connectivity index (χ3v) is 9.60. The Morgan fingerprint density at radius 2 is 1.70 bits per heavy atom. The molecule has 0 aromatic heterocycles. The number of ketones is 2. The minimum atomic E-state index is -3.00. The molecule has 5 unspecified atom stereocenters. The highest BCUT2D eigenvalue weighted by Gasteiger charge is 2.67. The van der Waals surface area contributed by atoms with Crippen LogP contribution in [0.25, 0.3) is 0 Å². The van der Waals surface area contributed by atoms with Gasteiger partial charge in [-0.25, -0.2) is 0 Å². The summed E-state index contributed by atoms with van der Waals surface area (Å²) in [4.78, 5) is 56.3. The molecule has 0 aliphatic heterocycles. The van der Waals surface area contributed by atoms with Crippen molar-refractivity contribution in [2.45, 2.75) is 76.3 Å². The fraction of sp³-hybridized carbons (Fsp3) is 0.548. The summed E-state index contributed by atoms with van der Waals surface area (Å²) in [7, 11) is 4.75. The summed E-state index contributed by atoms with van der Waals surface area (Å²) in [5.41, 5.74) is 0.489. The normalized spacial score (nSPS) is 29.4. The van der Waals surface area contributed by atoms with E-state index in [1.165, 1.54) is 31.1 Å². The average Bonchev–Trinajstić information content (AvgIpc) is 2.91. The summed E-state index contributed by atoms with van der Waals surface area (Å²) in [5, 5.41) is 60.0. The molecule has 3 aliphatic rings. The maximum atomic E-state index is 14.1. The van der Waals surface area contributed by atoms with Gasteiger partial charge in [0.1, 0.15) is 17.1 Å². The lowest BCUT2D eigenvalue weighted by atomic mass is 9.55. The molecule has 13 nitrogen and oxygen atoms in total. The number of fused-ring (bicyclic) bond motifs is 3. The summed E-state index contributed by atoms with van der Waals surface area (Å²) in [6.07, 6.45) is -1.23. The number of nitrogens with one attached hydrogen (secondary N) is 1. The smallest absolute Gasteiger partial charge is 0.255 e. The number of phenols is 1. The number of nitrogens with zero attached hydrogens (tertiary/aromatic N) is 2. The van der Waals surface area contributed by atoms with E-state index in [1.54, 1.807) is 14.0 Å². The highest BCUT2D eigenvalue weighted by Crippen LogP contribution is 2.56. The second kappa shape index (κ2) is 11.0. The zero-order valence-corrected chi connectivity index (χ0v) is 26.2. The van der Waals surface area contributed by atoms with Gasteiger partial charge >= 0.3 is 0 Å². The van der Waals surface area contributed by atoms with Crippen LogP contribution in [0.3, 0.4) is 0 Å². The van der Waals surface area contributed by atoms with Gasteiger partial charge in [-0.2, -0.15) is 0 Å². The first kappa shape index (κ1) is 33.1. The first-order valence-electron chi connectivity index (χ1n) is 14.5. The Balaban J connectivity index is 1.87. The number of rotatable bonds is 6. The van der Waals surface area contributed by atoms with Gasteiger partial charge in [-0.3, -0.25) is 29.0 Å². The number of carbonyl (C=O) groups excluding carboxylic acids is 4. The zero-order chi connectivity index (χ0) is 33.4. The van der Waals surface area contributed by atoms with Crippen LogP contribution in [0.15, 0.2) is 34.8 Å². The molecule has 0 fully saturated rings. The number of amides is 2. The lowest BCUT2D eigenvalue weighted by Gasteiger charge is -2.53. The summed E-state index contributed by atoms with van der Waals surface area (Å²) in [5.74, 6) is -10.2. The van der Waals surface area contributed by atoms with Crippen LogP contribution in [0.5, 0.6) is 5.75 Å². The van der Waals surface area contributed by atoms with Gasteiger partial charge in [-0.1, -0.05) is 19.9 Å². The Morgan fingerprint density at radius 3 is 2.20 bits per heavy atom. The van der Waals surface area contributed by atoms with E-state index in [9.17, 15) is 44.7 Å². The number of phenolic OH excluding ortho intramolecular Hbond substituents is 1. The minimum Gasteiger partial charge on any atom is -0.510 e. The summed E-state index contributed by atoms with van der Waals surface area (Å²) >= 11 is 0. The summed E-state index contributed by atoms with van der Waals surface area (Å²) in [6.45, 7) is 9.34. The molecule has 4 rings (SSSR count). The number of primary amides is 1. The van der Waals surface area contributed by atoms with Crippen LogP contribution in [0.2, 0.25) is 0 Å². The van der Waals surface area contributed by atoms with E-state index in [0.717, 1.165) is 0 Å². The largest absolute Gasteiger partial charge is 0.510 e. The SMILES string of the molecule is CCC(C(=O)Nc1ccc2c(c1O)C(=O)C1=C(O)[C@]3(O)C(=O)C(C(N)=O)=C(O)[C@@H](N(C)C)C3C(O)C1C2C)N(C)C(C)(C)C. The molecule has 0 spiro atoms. The first-order chi connectivity index (χ1) is 20.2. The van der Waals surface area contributed by atoms with E-state index in [0.29, 0.717) is 12.0 Å². The number of carbonyl (C=O) groups is 4. The maximum absolute atomic E-state index is 14.1. The zero-order valence-electron chi connectivity index (χ0n) is 26.2. The first-order valence-corrected chi connectivity index (χ1v) is 14.5. The Kier molecular flexibility index (Phi) is 8.27. The van der Waals surface area contributed by atoms with Crippen molar-refractivity contribution < 1.29 is 44.7 Å². The number of benzene rings is 1. The predicted molar refractivity (Wildman–Crippen MR) is 160 cm³/mol. The lowest BCUT2D eigenvalue weighted by Crippen LogP contribution is -2.68. The molecule has 240 valence electrons. The summed E-state index contributed by atoms with van der Waals surface area (Å²) < 4.78 is 0. The van der Waals surface area contributed by atoms with Gasteiger partial charge in [-0.15, -0.1) is 0 Å². The molecule has 1 aromatic rings. The van der Waals surface area contributed by atoms with Crippen molar-refractivity contribution in [3.63, 3.8) is 0 Å². The molecular formula is C31H42N4O9. The Labute approximate surface area is 255 Å². The van der Waals surface area contributed by atoms with E-state index in [-0.39, 0.29) is 16.8 Å². The Morgan fingerprint density at radius 1 is 1.11 bits per heavy atom. The van der Waals surface area contributed by atoms with Crippen LogP contribution in [-0.2, 0) is 14.4 Å². The molecule has 0 radical (unpaired) electrons. The van der Waals surface area contributed by atoms with Crippen LogP contribution >= 0.6 is 0 Å². The van der Waals surface area contributed by atoms with Gasteiger partial charge in [0.25, 0.3) is 5.91 Å². The number of aliphatic hydroxyl groups is 4. The van der Waals surface area contributed by atoms with E-state index in [4.69, 9.17) is 5.73 Å². The monoisotopic (exact) mass is 614 g/mol. The van der Waals surface area contributed by atoms with E-state index >= 15 is 0 Å². The van der Waals surface area contributed by atoms with Crippen molar-refractivity contribution in [2.75, 3.05) is 26.5 Å². The molecule has 8 N–H and O–H groups in total. The lowest BCUT2D eigenvalue weighted by molar-refractivity contribution is -0.162. The van der Waals surface area contributed by atoms with Crippen molar-refractivity contribution >= 4 is 29.1 Å². The molecule has 2 amide bonds. The Hall–Kier alpha value is -3.78. The Bertz CT molecular complexity index is 1510. The molecular weight excluding hydrogens is 572 g/mol. The van der Waals surface area contributed by atoms with Crippen LogP contribution in [0.1, 0.15) is 62.9 Å². The molecule has 0 saturated heterocycles. The number of aromatic hydroxyl groups is 1. The molecule has 0 bridgehead atoms. The van der Waals surface area contributed by atoms with Crippen LogP contribution in [0, 0.1) is 11.8 Å². The number of Topliss-reactive ketones (excluding diaryl/α,β-unsaturated/α-hetero) is 2. The van der Waals surface area contributed by atoms with Crippen molar-refractivity contribution in [2.24, 2.45) is 17.6 Å². The second-order valence-electron chi connectivity index (χ2n) is 13.2. The molecule has 0 heterocycles. The maximum Gasteiger partial charge on any atom is 0.255 e. The number of nitrogens with two attached hydrogens (primary N) is 1. The topological polar surface area (TPSA) is 214 Å². The number of hydrogen-bond donors (Lipinski definition) is 7. The van der Waals surface area contributed by atoms with Gasteiger partial charge in [0.2, 0.25) is 11.7 Å². The van der Waals surface area contributed by atoms with E-state index < -0.39 is 93.3 Å². The number of likely N-dealkylation sites (N-methyl/N-ethyl adjacent to an activating group) is 2. The molecule has 0 saturated carbocycles. The number of aliphatic hydroxyl groups excluding tert-OH is 3. The number of anilines is 1. The fourth-order valence-electron chi connectivity index (χ4n) is 7.04. The highest BCUT2D eigenvalue weighted by atomic mass is 16.4. The predicted octanol–water partition coefficient (Wildman–Crippen LogP) is 1.10. The van der Waals surface area contributed by atoms with Crippen LogP contribution in [-0.4, -0.2) is 109 Å². The quantitative estimate of drug-likeness (QED) is 0.178. The van der Waals surface area contributed by atoms with Crippen LogP contribution < -0.4 is 11.1 Å². The molecule has 13 heteroatoms. The van der Waals surface area contributed by atoms with Crippen molar-refractivity contribution in [3.05, 3.63) is 45.9 Å². The molecule has 7 atom stereocenters. The van der Waals surface area contributed by atoms with Crippen LogP contribution in [0.4, 0.5) is 5.69 Å². The van der Waals surface area contributed by atoms with E-state index in [2.05, 4.69) is 5.32 Å². The van der Waals surface area contributed by atoms with Gasteiger partial charge in [0, 0.05) is 17.0 Å². The molecule has 1 aromatic carbocycles. The third kappa shape index (κ3) is 4.61. The van der Waals surface area contributed by atoms with Gasteiger partial charge in [0.05, 0.1) is 35.4 Å².